The molecule has 0 aliphatic carbocycles. The van der Waals surface area contributed by atoms with Crippen molar-refractivity contribution in [3.05, 3.63) is 71.3 Å². The zero-order chi connectivity index (χ0) is 19.1. The van der Waals surface area contributed by atoms with Gasteiger partial charge in [-0.1, -0.05) is 42.5 Å². The summed E-state index contributed by atoms with van der Waals surface area (Å²) in [4.78, 5) is 24.1. The number of hydrogen-bond acceptors (Lipinski definition) is 5. The van der Waals surface area contributed by atoms with E-state index in [2.05, 4.69) is 5.10 Å². The first-order chi connectivity index (χ1) is 13.2. The molecule has 0 bridgehead atoms. The van der Waals surface area contributed by atoms with Crippen molar-refractivity contribution in [2.24, 2.45) is 5.10 Å². The van der Waals surface area contributed by atoms with E-state index < -0.39 is 5.97 Å². The second kappa shape index (κ2) is 8.77. The monoisotopic (exact) mass is 361 g/mol. The number of amides is 1. The maximum Gasteiger partial charge on any atom is 0.306 e. The number of carbonyl (C=O) groups excluding carboxylic acids is 2. The molecule has 0 radical (unpaired) electrons. The Bertz CT molecular complexity index is 900. The van der Waals surface area contributed by atoms with Crippen LogP contribution in [0, 0.1) is 11.3 Å². The Balaban J connectivity index is 1.45. The molecule has 3 rings (SSSR count). The van der Waals surface area contributed by atoms with Crippen molar-refractivity contribution in [2.45, 2.75) is 25.9 Å². The molecule has 0 aromatic heterocycles. The second-order valence-electron chi connectivity index (χ2n) is 6.15. The summed E-state index contributed by atoms with van der Waals surface area (Å²) >= 11 is 0. The molecular formula is C21H19N3O3. The lowest BCUT2D eigenvalue weighted by molar-refractivity contribution is -0.147. The number of benzene rings is 2. The molecule has 27 heavy (non-hydrogen) atoms. The molecule has 6 nitrogen and oxygen atoms in total. The van der Waals surface area contributed by atoms with Gasteiger partial charge in [0.15, 0.2) is 0 Å². The molecule has 1 aliphatic rings. The van der Waals surface area contributed by atoms with Crippen LogP contribution in [0.2, 0.25) is 0 Å². The molecule has 6 heteroatoms. The number of ether oxygens (including phenoxy) is 1. The Morgan fingerprint density at radius 1 is 1.11 bits per heavy atom. The first-order valence-corrected chi connectivity index (χ1v) is 8.73. The lowest BCUT2D eigenvalue weighted by Gasteiger charge is -2.11. The Morgan fingerprint density at radius 2 is 1.93 bits per heavy atom. The standard InChI is InChI=1S/C21H19N3O3/c22-14-16-5-4-6-17(13-16)15-27-21(26)10-9-20(25)24-12-11-19(23-24)18-7-2-1-3-8-18/h1-8,13H,9-12,15H2. The van der Waals surface area contributed by atoms with Gasteiger partial charge in [0.25, 0.3) is 0 Å². The van der Waals surface area contributed by atoms with Crippen LogP contribution in [0.5, 0.6) is 0 Å². The zero-order valence-electron chi connectivity index (χ0n) is 14.8. The molecule has 0 saturated heterocycles. The van der Waals surface area contributed by atoms with E-state index >= 15 is 0 Å². The van der Waals surface area contributed by atoms with Crippen LogP contribution in [-0.2, 0) is 20.9 Å². The minimum atomic E-state index is -0.447. The van der Waals surface area contributed by atoms with E-state index in [-0.39, 0.29) is 25.4 Å². The predicted molar refractivity (Wildman–Crippen MR) is 99.5 cm³/mol. The smallest absolute Gasteiger partial charge is 0.306 e. The summed E-state index contributed by atoms with van der Waals surface area (Å²) in [5.41, 5.74) is 3.14. The van der Waals surface area contributed by atoms with Crippen LogP contribution in [-0.4, -0.2) is 29.1 Å². The van der Waals surface area contributed by atoms with Crippen molar-refractivity contribution < 1.29 is 14.3 Å². The number of hydrogen-bond donors (Lipinski definition) is 0. The fourth-order valence-corrected chi connectivity index (χ4v) is 2.78. The van der Waals surface area contributed by atoms with Gasteiger partial charge in [0, 0.05) is 12.8 Å². The molecule has 0 saturated carbocycles. The van der Waals surface area contributed by atoms with Gasteiger partial charge in [-0.2, -0.15) is 10.4 Å². The topological polar surface area (TPSA) is 82.8 Å². The van der Waals surface area contributed by atoms with Crippen LogP contribution < -0.4 is 0 Å². The fourth-order valence-electron chi connectivity index (χ4n) is 2.78. The number of nitrogens with zero attached hydrogens (tertiary/aromatic N) is 3. The molecule has 0 spiro atoms. The van der Waals surface area contributed by atoms with Crippen LogP contribution in [0.3, 0.4) is 0 Å². The third kappa shape index (κ3) is 5.02. The third-order valence-corrected chi connectivity index (χ3v) is 4.20. The number of nitriles is 1. The average molecular weight is 361 g/mol. The normalized spacial score (nSPS) is 13.0. The van der Waals surface area contributed by atoms with E-state index in [1.807, 2.05) is 36.4 Å². The van der Waals surface area contributed by atoms with Gasteiger partial charge < -0.3 is 4.74 Å². The quantitative estimate of drug-likeness (QED) is 0.741. The first kappa shape index (κ1) is 18.3. The molecule has 1 heterocycles. The van der Waals surface area contributed by atoms with E-state index in [1.165, 1.54) is 5.01 Å². The molecular weight excluding hydrogens is 342 g/mol. The number of esters is 1. The van der Waals surface area contributed by atoms with E-state index in [9.17, 15) is 9.59 Å². The first-order valence-electron chi connectivity index (χ1n) is 8.73. The molecule has 0 fully saturated rings. The summed E-state index contributed by atoms with van der Waals surface area (Å²) in [6.07, 6.45) is 0.765. The maximum atomic E-state index is 12.3. The summed E-state index contributed by atoms with van der Waals surface area (Å²) < 4.78 is 5.18. The molecule has 2 aromatic carbocycles. The number of hydrazone groups is 1. The highest BCUT2D eigenvalue weighted by atomic mass is 16.5. The van der Waals surface area contributed by atoms with Crippen molar-refractivity contribution in [1.29, 1.82) is 5.26 Å². The Hall–Kier alpha value is -3.46. The van der Waals surface area contributed by atoms with Crippen molar-refractivity contribution in [3.8, 4) is 6.07 Å². The Morgan fingerprint density at radius 3 is 2.70 bits per heavy atom. The zero-order valence-corrected chi connectivity index (χ0v) is 14.8. The summed E-state index contributed by atoms with van der Waals surface area (Å²) in [6.45, 7) is 0.613. The number of carbonyl (C=O) groups is 2. The lowest BCUT2D eigenvalue weighted by Crippen LogP contribution is -2.24. The van der Waals surface area contributed by atoms with Gasteiger partial charge in [0.2, 0.25) is 5.91 Å². The molecule has 1 amide bonds. The van der Waals surface area contributed by atoms with Crippen LogP contribution in [0.1, 0.15) is 36.0 Å². The van der Waals surface area contributed by atoms with Crippen molar-refractivity contribution in [2.75, 3.05) is 6.54 Å². The van der Waals surface area contributed by atoms with Gasteiger partial charge in [0.1, 0.15) is 6.61 Å². The van der Waals surface area contributed by atoms with Gasteiger partial charge in [-0.3, -0.25) is 9.59 Å². The van der Waals surface area contributed by atoms with Gasteiger partial charge in [-0.05, 0) is 23.3 Å². The van der Waals surface area contributed by atoms with Gasteiger partial charge >= 0.3 is 5.97 Å². The summed E-state index contributed by atoms with van der Waals surface area (Å²) in [5.74, 6) is -0.637. The highest BCUT2D eigenvalue weighted by Crippen LogP contribution is 2.15. The molecule has 0 N–H and O–H groups in total. The average Bonchev–Trinajstić information content (AvgIpc) is 3.21. The highest BCUT2D eigenvalue weighted by molar-refractivity contribution is 6.02. The van der Waals surface area contributed by atoms with Gasteiger partial charge in [-0.15, -0.1) is 0 Å². The van der Waals surface area contributed by atoms with E-state index in [4.69, 9.17) is 10.00 Å². The van der Waals surface area contributed by atoms with Crippen molar-refractivity contribution in [3.63, 3.8) is 0 Å². The van der Waals surface area contributed by atoms with Crippen LogP contribution >= 0.6 is 0 Å². The van der Waals surface area contributed by atoms with Gasteiger partial charge in [-0.25, -0.2) is 5.01 Å². The SMILES string of the molecule is N#Cc1cccc(COC(=O)CCC(=O)N2CCC(c3ccccc3)=N2)c1. The molecule has 0 unspecified atom stereocenters. The largest absolute Gasteiger partial charge is 0.461 e. The molecule has 0 atom stereocenters. The minimum Gasteiger partial charge on any atom is -0.461 e. The fraction of sp³-hybridized carbons (Fsp3) is 0.238. The van der Waals surface area contributed by atoms with Crippen LogP contribution in [0.25, 0.3) is 0 Å². The summed E-state index contributed by atoms with van der Waals surface area (Å²) in [5, 5.41) is 14.7. The second-order valence-corrected chi connectivity index (χ2v) is 6.15. The lowest BCUT2D eigenvalue weighted by atomic mass is 10.1. The Kier molecular flexibility index (Phi) is 5.95. The van der Waals surface area contributed by atoms with E-state index in [0.29, 0.717) is 18.5 Å². The van der Waals surface area contributed by atoms with Crippen molar-refractivity contribution >= 4 is 17.6 Å². The van der Waals surface area contributed by atoms with Gasteiger partial charge in [0.05, 0.1) is 30.3 Å². The van der Waals surface area contributed by atoms with E-state index in [1.54, 1.807) is 24.3 Å². The third-order valence-electron chi connectivity index (χ3n) is 4.20. The molecule has 1 aliphatic heterocycles. The summed E-state index contributed by atoms with van der Waals surface area (Å²) in [6, 6.07) is 18.6. The summed E-state index contributed by atoms with van der Waals surface area (Å²) in [7, 11) is 0. The molecule has 136 valence electrons. The van der Waals surface area contributed by atoms with Crippen LogP contribution in [0.15, 0.2) is 59.7 Å². The van der Waals surface area contributed by atoms with Crippen LogP contribution in [0.4, 0.5) is 0 Å². The minimum absolute atomic E-state index is 0.00344. The molecule has 2 aromatic rings. The van der Waals surface area contributed by atoms with E-state index in [0.717, 1.165) is 16.8 Å². The van der Waals surface area contributed by atoms with Crippen molar-refractivity contribution in [1.82, 2.24) is 5.01 Å². The highest BCUT2D eigenvalue weighted by Gasteiger charge is 2.22. The Labute approximate surface area is 157 Å². The number of rotatable bonds is 6. The maximum absolute atomic E-state index is 12.3. The predicted octanol–water partition coefficient (Wildman–Crippen LogP) is 3.02.